The molecule has 0 saturated carbocycles. The molecule has 0 radical (unpaired) electrons. The molecule has 0 aliphatic carbocycles. The van der Waals surface area contributed by atoms with Gasteiger partial charge in [-0.2, -0.15) is 0 Å². The highest BCUT2D eigenvalue weighted by Crippen LogP contribution is 2.11. The number of halogens is 3. The molecule has 96 valence electrons. The second kappa shape index (κ2) is 5.52. The van der Waals surface area contributed by atoms with Crippen LogP contribution in [0.5, 0.6) is 0 Å². The van der Waals surface area contributed by atoms with Gasteiger partial charge in [-0.25, -0.2) is 13.2 Å². The van der Waals surface area contributed by atoms with E-state index in [1.165, 1.54) is 42.5 Å². The molecular formula is C15H9F3O. The number of rotatable bonds is 3. The zero-order valence-corrected chi connectivity index (χ0v) is 9.74. The van der Waals surface area contributed by atoms with Crippen LogP contribution in [0, 0.1) is 17.5 Å². The Morgan fingerprint density at radius 1 is 0.895 bits per heavy atom. The fourth-order valence-electron chi connectivity index (χ4n) is 1.49. The maximum atomic E-state index is 13.0. The van der Waals surface area contributed by atoms with Crippen molar-refractivity contribution in [1.29, 1.82) is 0 Å². The Hall–Kier alpha value is -2.36. The Morgan fingerprint density at radius 2 is 1.58 bits per heavy atom. The zero-order valence-electron chi connectivity index (χ0n) is 9.74. The molecule has 0 saturated heterocycles. The largest absolute Gasteiger partial charge is 0.289 e. The third kappa shape index (κ3) is 3.31. The lowest BCUT2D eigenvalue weighted by Gasteiger charge is -1.97. The number of carbonyl (C=O) groups excluding carboxylic acids is 1. The van der Waals surface area contributed by atoms with Crippen molar-refractivity contribution in [2.75, 3.05) is 0 Å². The molecule has 0 heterocycles. The summed E-state index contributed by atoms with van der Waals surface area (Å²) < 4.78 is 38.3. The molecule has 19 heavy (non-hydrogen) atoms. The van der Waals surface area contributed by atoms with E-state index in [2.05, 4.69) is 0 Å². The van der Waals surface area contributed by atoms with Crippen molar-refractivity contribution >= 4 is 11.9 Å². The van der Waals surface area contributed by atoms with Gasteiger partial charge in [0.05, 0.1) is 0 Å². The van der Waals surface area contributed by atoms with Crippen molar-refractivity contribution in [3.63, 3.8) is 0 Å². The van der Waals surface area contributed by atoms with Crippen LogP contribution in [0.3, 0.4) is 0 Å². The van der Waals surface area contributed by atoms with E-state index >= 15 is 0 Å². The average molecular weight is 262 g/mol. The summed E-state index contributed by atoms with van der Waals surface area (Å²) in [7, 11) is 0. The number of hydrogen-bond donors (Lipinski definition) is 0. The molecule has 4 heteroatoms. The first-order chi connectivity index (χ1) is 9.06. The van der Waals surface area contributed by atoms with E-state index in [-0.39, 0.29) is 11.4 Å². The van der Waals surface area contributed by atoms with Gasteiger partial charge in [0.2, 0.25) is 0 Å². The summed E-state index contributed by atoms with van der Waals surface area (Å²) >= 11 is 0. The fourth-order valence-corrected chi connectivity index (χ4v) is 1.49. The van der Waals surface area contributed by atoms with E-state index in [0.717, 1.165) is 12.1 Å². The summed E-state index contributed by atoms with van der Waals surface area (Å²) in [6.07, 6.45) is 2.70. The first-order valence-electron chi connectivity index (χ1n) is 5.49. The van der Waals surface area contributed by atoms with Crippen LogP contribution < -0.4 is 0 Å². The molecule has 0 N–H and O–H groups in total. The number of carbonyl (C=O) groups is 1. The van der Waals surface area contributed by atoms with Crippen LogP contribution in [0.25, 0.3) is 6.08 Å². The topological polar surface area (TPSA) is 17.1 Å². The van der Waals surface area contributed by atoms with Crippen molar-refractivity contribution in [2.45, 2.75) is 0 Å². The smallest absolute Gasteiger partial charge is 0.185 e. The molecule has 0 aliphatic heterocycles. The van der Waals surface area contributed by atoms with Crippen molar-refractivity contribution in [3.05, 3.63) is 77.1 Å². The third-order valence-corrected chi connectivity index (χ3v) is 2.50. The number of ketones is 1. The van der Waals surface area contributed by atoms with Gasteiger partial charge in [0.1, 0.15) is 5.82 Å². The number of hydrogen-bond acceptors (Lipinski definition) is 1. The van der Waals surface area contributed by atoms with Crippen molar-refractivity contribution in [2.24, 2.45) is 0 Å². The van der Waals surface area contributed by atoms with Crippen LogP contribution >= 0.6 is 0 Å². The number of benzene rings is 2. The van der Waals surface area contributed by atoms with E-state index in [1.807, 2.05) is 0 Å². The second-order valence-corrected chi connectivity index (χ2v) is 3.88. The maximum Gasteiger partial charge on any atom is 0.185 e. The monoisotopic (exact) mass is 262 g/mol. The molecule has 0 aliphatic rings. The summed E-state index contributed by atoms with van der Waals surface area (Å²) in [6, 6.07) is 8.48. The Morgan fingerprint density at radius 3 is 2.21 bits per heavy atom. The molecule has 0 amide bonds. The van der Waals surface area contributed by atoms with Gasteiger partial charge >= 0.3 is 0 Å². The molecule has 0 unspecified atom stereocenters. The third-order valence-electron chi connectivity index (χ3n) is 2.50. The highest BCUT2D eigenvalue weighted by Gasteiger charge is 2.06. The van der Waals surface area contributed by atoms with Crippen LogP contribution in [0.1, 0.15) is 15.9 Å². The van der Waals surface area contributed by atoms with Crippen molar-refractivity contribution < 1.29 is 18.0 Å². The SMILES string of the molecule is O=C(C=Cc1ccc(F)cc1)c1ccc(F)c(F)c1. The van der Waals surface area contributed by atoms with Gasteiger partial charge in [-0.1, -0.05) is 18.2 Å². The predicted octanol–water partition coefficient (Wildman–Crippen LogP) is 4.00. The van der Waals surface area contributed by atoms with Crippen LogP contribution in [-0.2, 0) is 0 Å². The molecular weight excluding hydrogens is 253 g/mol. The maximum absolute atomic E-state index is 13.0. The Bertz CT molecular complexity index is 630. The first-order valence-corrected chi connectivity index (χ1v) is 5.49. The van der Waals surface area contributed by atoms with Crippen molar-refractivity contribution in [1.82, 2.24) is 0 Å². The fraction of sp³-hybridized carbons (Fsp3) is 0. The molecule has 0 fully saturated rings. The van der Waals surface area contributed by atoms with E-state index in [4.69, 9.17) is 0 Å². The summed E-state index contributed by atoms with van der Waals surface area (Å²) in [6.45, 7) is 0. The molecule has 0 spiro atoms. The summed E-state index contributed by atoms with van der Waals surface area (Å²) in [4.78, 5) is 11.7. The highest BCUT2D eigenvalue weighted by atomic mass is 19.2. The normalized spacial score (nSPS) is 10.9. The zero-order chi connectivity index (χ0) is 13.8. The van der Waals surface area contributed by atoms with E-state index in [9.17, 15) is 18.0 Å². The summed E-state index contributed by atoms with van der Waals surface area (Å²) in [5, 5.41) is 0. The lowest BCUT2D eigenvalue weighted by atomic mass is 10.1. The molecule has 2 aromatic rings. The standard InChI is InChI=1S/C15H9F3O/c16-12-5-1-10(2-6-12)3-8-15(19)11-4-7-13(17)14(18)9-11/h1-9H. The molecule has 0 bridgehead atoms. The van der Waals surface area contributed by atoms with Gasteiger partial charge in [0.15, 0.2) is 17.4 Å². The quantitative estimate of drug-likeness (QED) is 0.603. The van der Waals surface area contributed by atoms with Crippen LogP contribution in [0.4, 0.5) is 13.2 Å². The van der Waals surface area contributed by atoms with Gasteiger partial charge < -0.3 is 0 Å². The highest BCUT2D eigenvalue weighted by molar-refractivity contribution is 6.06. The number of allylic oxidation sites excluding steroid dienone is 1. The summed E-state index contributed by atoms with van der Waals surface area (Å²) in [5.41, 5.74) is 0.689. The minimum atomic E-state index is -1.07. The van der Waals surface area contributed by atoms with E-state index in [1.54, 1.807) is 0 Å². The lowest BCUT2D eigenvalue weighted by Crippen LogP contribution is -1.96. The Labute approximate surface area is 108 Å². The lowest BCUT2D eigenvalue weighted by molar-refractivity contribution is 0.104. The van der Waals surface area contributed by atoms with Crippen LogP contribution in [0.2, 0.25) is 0 Å². The van der Waals surface area contributed by atoms with E-state index in [0.29, 0.717) is 5.56 Å². The molecule has 0 aromatic heterocycles. The Kier molecular flexibility index (Phi) is 3.80. The molecule has 2 rings (SSSR count). The first kappa shape index (κ1) is 13.1. The van der Waals surface area contributed by atoms with Crippen molar-refractivity contribution in [3.8, 4) is 0 Å². The van der Waals surface area contributed by atoms with Gasteiger partial charge in [0.25, 0.3) is 0 Å². The Balaban J connectivity index is 2.16. The average Bonchev–Trinajstić information content (AvgIpc) is 2.41. The minimum Gasteiger partial charge on any atom is -0.289 e. The second-order valence-electron chi connectivity index (χ2n) is 3.88. The predicted molar refractivity (Wildman–Crippen MR) is 66.1 cm³/mol. The van der Waals surface area contributed by atoms with E-state index < -0.39 is 17.4 Å². The molecule has 0 atom stereocenters. The molecule has 2 aromatic carbocycles. The van der Waals surface area contributed by atoms with Gasteiger partial charge in [0, 0.05) is 5.56 Å². The van der Waals surface area contributed by atoms with Crippen LogP contribution in [-0.4, -0.2) is 5.78 Å². The van der Waals surface area contributed by atoms with Crippen LogP contribution in [0.15, 0.2) is 48.5 Å². The van der Waals surface area contributed by atoms with Gasteiger partial charge in [-0.15, -0.1) is 0 Å². The summed E-state index contributed by atoms with van der Waals surface area (Å²) in [5.74, 6) is -2.90. The minimum absolute atomic E-state index is 0.0530. The van der Waals surface area contributed by atoms with Gasteiger partial charge in [-0.05, 0) is 42.0 Å². The molecule has 1 nitrogen and oxygen atoms in total. The van der Waals surface area contributed by atoms with Gasteiger partial charge in [-0.3, -0.25) is 4.79 Å².